The minimum absolute atomic E-state index is 0.166. The fourth-order valence-corrected chi connectivity index (χ4v) is 10.6. The van der Waals surface area contributed by atoms with E-state index in [9.17, 15) is 14.7 Å². The quantitative estimate of drug-likeness (QED) is 0.180. The predicted octanol–water partition coefficient (Wildman–Crippen LogP) is 8.11. The summed E-state index contributed by atoms with van der Waals surface area (Å²) >= 11 is 0. The van der Waals surface area contributed by atoms with Crippen LogP contribution in [-0.4, -0.2) is 78.4 Å². The molecule has 0 aromatic rings. The molecule has 9 heteroatoms. The Hall–Kier alpha value is -1.61. The average molecular weight is 680 g/mol. The van der Waals surface area contributed by atoms with E-state index in [4.69, 9.17) is 9.47 Å². The molecule has 0 aromatic heterocycles. The fraction of sp³-hybridized carbons (Fsp3) is 0.949. The summed E-state index contributed by atoms with van der Waals surface area (Å²) in [5.41, 5.74) is -0.725. The molecule has 0 spiro atoms. The van der Waals surface area contributed by atoms with Crippen molar-refractivity contribution >= 4 is 12.2 Å². The smallest absolute Gasteiger partial charge is 0.410 e. The number of hydrogen-bond donors (Lipinski definition) is 3. The first kappa shape index (κ1) is 39.2. The second kappa shape index (κ2) is 15.7. The molecule has 4 aliphatic rings. The molecular formula is C39H70FN3O5. The number of carbonyl (C=O) groups excluding carboxylic acids is 2. The molecule has 4 rings (SSSR count). The second-order valence-electron chi connectivity index (χ2n) is 18.5. The van der Waals surface area contributed by atoms with Gasteiger partial charge in [-0.25, -0.2) is 14.0 Å². The van der Waals surface area contributed by atoms with Crippen LogP contribution in [0.3, 0.4) is 0 Å². The first-order valence-electron chi connectivity index (χ1n) is 19.3. The van der Waals surface area contributed by atoms with Crippen LogP contribution < -0.4 is 10.6 Å². The van der Waals surface area contributed by atoms with Gasteiger partial charge in [0.25, 0.3) is 0 Å². The molecule has 8 nitrogen and oxygen atoms in total. The van der Waals surface area contributed by atoms with Gasteiger partial charge in [0.15, 0.2) is 0 Å². The van der Waals surface area contributed by atoms with Crippen LogP contribution in [0.1, 0.15) is 133 Å². The maximum absolute atomic E-state index is 16.3. The summed E-state index contributed by atoms with van der Waals surface area (Å²) in [6.07, 6.45) is 9.45. The molecular weight excluding hydrogens is 609 g/mol. The van der Waals surface area contributed by atoms with Crippen LogP contribution >= 0.6 is 0 Å². The fourth-order valence-electron chi connectivity index (χ4n) is 10.6. The zero-order valence-electron chi connectivity index (χ0n) is 31.8. The maximum atomic E-state index is 16.3. The van der Waals surface area contributed by atoms with Gasteiger partial charge in [-0.2, -0.15) is 0 Å². The molecule has 48 heavy (non-hydrogen) atoms. The summed E-state index contributed by atoms with van der Waals surface area (Å²) in [4.78, 5) is 26.8. The Kier molecular flexibility index (Phi) is 12.8. The van der Waals surface area contributed by atoms with Gasteiger partial charge >= 0.3 is 12.2 Å². The number of hydrogen-bond acceptors (Lipinski definition) is 6. The van der Waals surface area contributed by atoms with Crippen molar-refractivity contribution in [2.45, 2.75) is 156 Å². The Labute approximate surface area is 291 Å². The van der Waals surface area contributed by atoms with E-state index in [0.717, 1.165) is 64.3 Å². The number of alkyl halides is 1. The lowest BCUT2D eigenvalue weighted by atomic mass is 9.44. The summed E-state index contributed by atoms with van der Waals surface area (Å²) in [5, 5.41) is 16.5. The number of aliphatic hydroxyl groups is 1. The van der Waals surface area contributed by atoms with Crippen molar-refractivity contribution in [3.05, 3.63) is 0 Å². The molecule has 4 saturated carbocycles. The van der Waals surface area contributed by atoms with Crippen LogP contribution in [0, 0.1) is 46.3 Å². The van der Waals surface area contributed by atoms with E-state index in [2.05, 4.69) is 31.4 Å². The number of ether oxygens (including phenoxy) is 2. The highest BCUT2D eigenvalue weighted by atomic mass is 19.1. The number of fused-ring (bicyclic) bond motifs is 5. The molecule has 0 aliphatic heterocycles. The Balaban J connectivity index is 1.25. The normalized spacial score (nSPS) is 35.5. The standard InChI is InChI=1S/C39H70FN3O5/c1-26(25-44)29-13-14-30-33-31(16-18-39(29,30)9)38(8)17-15-28(23-27(38)24-32(33)40)41-20-12-22-43(35(46)48-37(5,6)7)21-11-10-19-42-34(45)47-36(2,3)4/h26-33,41,44H,10-25H2,1-9H3,(H,42,45)/t26-,27-,28-,29?,30?,31?,32+,33?,38+,39-/m1/s1. The number of alkyl carbamates (subject to hydrolysis) is 1. The minimum Gasteiger partial charge on any atom is -0.444 e. The lowest BCUT2D eigenvalue weighted by molar-refractivity contribution is -0.149. The summed E-state index contributed by atoms with van der Waals surface area (Å²) in [5.74, 6) is 2.32. The van der Waals surface area contributed by atoms with Gasteiger partial charge in [-0.1, -0.05) is 20.8 Å². The number of halogens is 1. The van der Waals surface area contributed by atoms with E-state index in [1.165, 1.54) is 6.42 Å². The second-order valence-corrected chi connectivity index (χ2v) is 18.5. The molecule has 4 unspecified atom stereocenters. The lowest BCUT2D eigenvalue weighted by Gasteiger charge is -2.62. The lowest BCUT2D eigenvalue weighted by Crippen LogP contribution is -2.58. The van der Waals surface area contributed by atoms with Crippen molar-refractivity contribution < 1.29 is 28.6 Å². The highest BCUT2D eigenvalue weighted by Gasteiger charge is 2.63. The molecule has 10 atom stereocenters. The van der Waals surface area contributed by atoms with E-state index in [1.54, 1.807) is 4.90 Å². The van der Waals surface area contributed by atoms with E-state index >= 15 is 4.39 Å². The summed E-state index contributed by atoms with van der Waals surface area (Å²) in [6, 6.07) is 0.385. The number of rotatable bonds is 12. The predicted molar refractivity (Wildman–Crippen MR) is 189 cm³/mol. The third-order valence-electron chi connectivity index (χ3n) is 12.9. The topological polar surface area (TPSA) is 100 Å². The molecule has 278 valence electrons. The maximum Gasteiger partial charge on any atom is 0.410 e. The first-order valence-corrected chi connectivity index (χ1v) is 19.3. The Morgan fingerprint density at radius 1 is 0.875 bits per heavy atom. The Morgan fingerprint density at radius 2 is 1.52 bits per heavy atom. The van der Waals surface area contributed by atoms with Crippen LogP contribution in [0.25, 0.3) is 0 Å². The minimum atomic E-state index is -0.721. The highest BCUT2D eigenvalue weighted by Crippen LogP contribution is 2.68. The molecule has 0 radical (unpaired) electrons. The zero-order valence-corrected chi connectivity index (χ0v) is 31.8. The number of carbonyl (C=O) groups is 2. The van der Waals surface area contributed by atoms with Gasteiger partial charge in [-0.3, -0.25) is 0 Å². The van der Waals surface area contributed by atoms with Crippen LogP contribution in [-0.2, 0) is 9.47 Å². The molecule has 0 saturated heterocycles. The van der Waals surface area contributed by atoms with E-state index in [0.29, 0.717) is 61.7 Å². The van der Waals surface area contributed by atoms with Crippen molar-refractivity contribution in [1.29, 1.82) is 0 Å². The third-order valence-corrected chi connectivity index (χ3v) is 12.9. The van der Waals surface area contributed by atoms with Gasteiger partial charge in [-0.05, 0) is 165 Å². The van der Waals surface area contributed by atoms with Crippen LogP contribution in [0.15, 0.2) is 0 Å². The van der Waals surface area contributed by atoms with Gasteiger partial charge in [0.1, 0.15) is 17.4 Å². The van der Waals surface area contributed by atoms with E-state index < -0.39 is 23.5 Å². The van der Waals surface area contributed by atoms with Gasteiger partial charge in [0.2, 0.25) is 0 Å². The third kappa shape index (κ3) is 9.38. The molecule has 3 N–H and O–H groups in total. The summed E-state index contributed by atoms with van der Waals surface area (Å²) in [7, 11) is 0. The summed E-state index contributed by atoms with van der Waals surface area (Å²) < 4.78 is 27.3. The monoisotopic (exact) mass is 680 g/mol. The number of unbranched alkanes of at least 4 members (excludes halogenated alkanes) is 1. The first-order chi connectivity index (χ1) is 22.4. The number of nitrogens with zero attached hydrogens (tertiary/aromatic N) is 1. The van der Waals surface area contributed by atoms with Crippen molar-refractivity contribution in [2.24, 2.45) is 46.3 Å². The van der Waals surface area contributed by atoms with E-state index in [-0.39, 0.29) is 29.4 Å². The van der Waals surface area contributed by atoms with Crippen LogP contribution in [0.5, 0.6) is 0 Å². The highest BCUT2D eigenvalue weighted by molar-refractivity contribution is 5.68. The zero-order chi connectivity index (χ0) is 35.5. The molecule has 4 fully saturated rings. The summed E-state index contributed by atoms with van der Waals surface area (Å²) in [6.45, 7) is 21.0. The van der Waals surface area contributed by atoms with E-state index in [1.807, 2.05) is 41.5 Å². The largest absolute Gasteiger partial charge is 0.444 e. The van der Waals surface area contributed by atoms with Crippen molar-refractivity contribution in [3.8, 4) is 0 Å². The van der Waals surface area contributed by atoms with Gasteiger partial charge < -0.3 is 30.1 Å². The van der Waals surface area contributed by atoms with Crippen molar-refractivity contribution in [3.63, 3.8) is 0 Å². The van der Waals surface area contributed by atoms with Gasteiger partial charge in [0.05, 0.1) is 0 Å². The molecule has 0 heterocycles. The molecule has 4 aliphatic carbocycles. The van der Waals surface area contributed by atoms with Gasteiger partial charge in [0, 0.05) is 32.3 Å². The SMILES string of the molecule is C[C@H](CO)C1CCC2C3C(CC[C@@]21C)[C@@]1(C)CC[C@@H](NCCCN(CCCCNC(=O)OC(C)(C)C)C(=O)OC(C)(C)C)C[C@@H]1C[C@@H]3F. The molecule has 0 bridgehead atoms. The van der Waals surface area contributed by atoms with Crippen molar-refractivity contribution in [2.75, 3.05) is 32.8 Å². The number of aliphatic hydroxyl groups excluding tert-OH is 1. The average Bonchev–Trinajstić information content (AvgIpc) is 3.33. The van der Waals surface area contributed by atoms with Crippen LogP contribution in [0.4, 0.5) is 14.0 Å². The molecule has 2 amide bonds. The Morgan fingerprint density at radius 3 is 2.19 bits per heavy atom. The van der Waals surface area contributed by atoms with Crippen molar-refractivity contribution in [1.82, 2.24) is 15.5 Å². The molecule has 0 aromatic carbocycles. The number of nitrogens with one attached hydrogen (secondary N) is 2. The van der Waals surface area contributed by atoms with Gasteiger partial charge in [-0.15, -0.1) is 0 Å². The number of amides is 2. The van der Waals surface area contributed by atoms with Crippen LogP contribution in [0.2, 0.25) is 0 Å². The Bertz CT molecular complexity index is 1080.